The molecule has 2 aromatic carbocycles. The van der Waals surface area contributed by atoms with Gasteiger partial charge in [0.2, 0.25) is 0 Å². The van der Waals surface area contributed by atoms with Gasteiger partial charge in [0, 0.05) is 11.9 Å². The summed E-state index contributed by atoms with van der Waals surface area (Å²) in [4.78, 5) is 15.4. The lowest BCUT2D eigenvalue weighted by molar-refractivity contribution is 0.0697. The molecule has 1 aromatic heterocycles. The molecule has 0 aliphatic carbocycles. The molecule has 0 fully saturated rings. The van der Waals surface area contributed by atoms with Gasteiger partial charge in [-0.1, -0.05) is 18.2 Å². The quantitative estimate of drug-likeness (QED) is 0.723. The lowest BCUT2D eigenvalue weighted by Crippen LogP contribution is -2.01. The summed E-state index contributed by atoms with van der Waals surface area (Å²) < 4.78 is 1.83. The number of aromatic carboxylic acids is 1. The van der Waals surface area contributed by atoms with Crippen LogP contribution in [-0.4, -0.2) is 27.0 Å². The molecule has 0 unspecified atom stereocenters. The molecule has 0 saturated carbocycles. The van der Waals surface area contributed by atoms with Crippen LogP contribution in [0.2, 0.25) is 0 Å². The van der Waals surface area contributed by atoms with E-state index in [4.69, 9.17) is 5.11 Å². The first-order chi connectivity index (χ1) is 11.1. The Hall–Kier alpha value is -3.34. The lowest BCUT2D eigenvalue weighted by atomic mass is 10.2. The van der Waals surface area contributed by atoms with Crippen molar-refractivity contribution in [1.29, 1.82) is 0 Å². The Morgan fingerprint density at radius 2 is 1.87 bits per heavy atom. The van der Waals surface area contributed by atoms with E-state index in [1.165, 1.54) is 0 Å². The van der Waals surface area contributed by atoms with Crippen LogP contribution in [0.4, 0.5) is 5.69 Å². The highest BCUT2D eigenvalue weighted by Gasteiger charge is 2.06. The van der Waals surface area contributed by atoms with Crippen molar-refractivity contribution < 1.29 is 15.0 Å². The Bertz CT molecular complexity index is 881. The molecule has 0 radical (unpaired) electrons. The Morgan fingerprint density at radius 1 is 1.04 bits per heavy atom. The largest absolute Gasteiger partial charge is 0.506 e. The number of carboxylic acid groups (broad SMARTS) is 1. The Morgan fingerprint density at radius 3 is 2.65 bits per heavy atom. The van der Waals surface area contributed by atoms with Crippen molar-refractivity contribution in [2.24, 2.45) is 4.99 Å². The minimum absolute atomic E-state index is 0.106. The van der Waals surface area contributed by atoms with Crippen LogP contribution < -0.4 is 0 Å². The predicted octanol–water partition coefficient (Wildman–Crippen LogP) is 3.63. The van der Waals surface area contributed by atoms with E-state index in [2.05, 4.69) is 4.99 Å². The third-order valence-corrected chi connectivity index (χ3v) is 3.37. The molecule has 0 bridgehead atoms. The van der Waals surface area contributed by atoms with Gasteiger partial charge in [0.1, 0.15) is 11.4 Å². The number of carboxylic acids is 1. The minimum atomic E-state index is -0.969. The molecule has 3 rings (SSSR count). The molecule has 2 N–H and O–H groups in total. The van der Waals surface area contributed by atoms with Gasteiger partial charge in [-0.25, -0.2) is 4.79 Å². The van der Waals surface area contributed by atoms with Crippen LogP contribution in [0.3, 0.4) is 0 Å². The number of aliphatic imine (C=N–C) groups is 1. The fraction of sp³-hybridized carbons (Fsp3) is 0. The van der Waals surface area contributed by atoms with E-state index in [9.17, 15) is 9.90 Å². The van der Waals surface area contributed by atoms with Crippen molar-refractivity contribution in [1.82, 2.24) is 4.57 Å². The summed E-state index contributed by atoms with van der Waals surface area (Å²) in [6, 6.07) is 17.2. The van der Waals surface area contributed by atoms with Crippen LogP contribution in [0.1, 0.15) is 16.1 Å². The smallest absolute Gasteiger partial charge is 0.335 e. The second-order valence-electron chi connectivity index (χ2n) is 4.91. The first kappa shape index (κ1) is 14.6. The van der Waals surface area contributed by atoms with Crippen molar-refractivity contribution >= 4 is 17.9 Å². The highest BCUT2D eigenvalue weighted by Crippen LogP contribution is 2.25. The molecule has 1 heterocycles. The number of carbonyl (C=O) groups is 1. The fourth-order valence-electron chi connectivity index (χ4n) is 2.23. The fourth-order valence-corrected chi connectivity index (χ4v) is 2.23. The molecule has 3 aromatic rings. The predicted molar refractivity (Wildman–Crippen MR) is 88.1 cm³/mol. The maximum Gasteiger partial charge on any atom is 0.335 e. The molecule has 5 heteroatoms. The summed E-state index contributed by atoms with van der Waals surface area (Å²) in [5.74, 6) is -0.863. The lowest BCUT2D eigenvalue weighted by Gasteiger charge is -2.07. The summed E-state index contributed by atoms with van der Waals surface area (Å²) in [5, 5.41) is 18.8. The number of rotatable bonds is 4. The van der Waals surface area contributed by atoms with Crippen LogP contribution in [0.5, 0.6) is 5.75 Å². The topological polar surface area (TPSA) is 74.8 Å². The first-order valence-corrected chi connectivity index (χ1v) is 6.98. The number of nitrogens with zero attached hydrogens (tertiary/aromatic N) is 2. The zero-order chi connectivity index (χ0) is 16.2. The van der Waals surface area contributed by atoms with E-state index in [0.717, 1.165) is 11.4 Å². The normalized spacial score (nSPS) is 11.0. The number of hydrogen-bond donors (Lipinski definition) is 2. The number of phenols is 1. The number of aromatic nitrogens is 1. The summed E-state index contributed by atoms with van der Waals surface area (Å²) >= 11 is 0. The van der Waals surface area contributed by atoms with Crippen LogP contribution in [0, 0.1) is 0 Å². The van der Waals surface area contributed by atoms with Gasteiger partial charge in [-0.3, -0.25) is 4.99 Å². The van der Waals surface area contributed by atoms with Gasteiger partial charge in [0.15, 0.2) is 0 Å². The number of benzene rings is 2. The zero-order valence-corrected chi connectivity index (χ0v) is 12.1. The minimum Gasteiger partial charge on any atom is -0.506 e. The molecule has 23 heavy (non-hydrogen) atoms. The van der Waals surface area contributed by atoms with E-state index in [-0.39, 0.29) is 11.3 Å². The highest BCUT2D eigenvalue weighted by molar-refractivity contribution is 5.88. The van der Waals surface area contributed by atoms with E-state index < -0.39 is 5.97 Å². The summed E-state index contributed by atoms with van der Waals surface area (Å²) in [5.41, 5.74) is 2.20. The maximum absolute atomic E-state index is 11.1. The average Bonchev–Trinajstić information content (AvgIpc) is 3.03. The van der Waals surface area contributed by atoms with E-state index in [1.807, 2.05) is 29.0 Å². The second-order valence-corrected chi connectivity index (χ2v) is 4.91. The Balaban J connectivity index is 1.96. The first-order valence-electron chi connectivity index (χ1n) is 6.98. The Labute approximate surface area is 132 Å². The number of phenolic OH excluding ortho intramolecular Hbond substituents is 1. The van der Waals surface area contributed by atoms with Crippen LogP contribution in [0.15, 0.2) is 71.9 Å². The van der Waals surface area contributed by atoms with Gasteiger partial charge in [-0.15, -0.1) is 0 Å². The van der Waals surface area contributed by atoms with E-state index in [1.54, 1.807) is 48.7 Å². The van der Waals surface area contributed by atoms with Gasteiger partial charge in [-0.2, -0.15) is 0 Å². The van der Waals surface area contributed by atoms with Gasteiger partial charge in [0.25, 0.3) is 0 Å². The molecular formula is C18H14N2O3. The maximum atomic E-state index is 11.1. The molecule has 114 valence electrons. The highest BCUT2D eigenvalue weighted by atomic mass is 16.4. The van der Waals surface area contributed by atoms with Crippen LogP contribution in [-0.2, 0) is 0 Å². The molecular weight excluding hydrogens is 292 g/mol. The molecule has 0 aliphatic rings. The van der Waals surface area contributed by atoms with Crippen molar-refractivity contribution in [3.8, 4) is 11.4 Å². The monoisotopic (exact) mass is 306 g/mol. The standard InChI is InChI=1S/C18H14N2O3/c21-17-9-2-1-8-16(17)19-12-15-7-4-10-20(15)14-6-3-5-13(11-14)18(22)23/h1-12,21H,(H,22,23). The number of aromatic hydroxyl groups is 1. The van der Waals surface area contributed by atoms with Crippen molar-refractivity contribution in [2.75, 3.05) is 0 Å². The summed E-state index contributed by atoms with van der Waals surface area (Å²) in [6.07, 6.45) is 3.45. The van der Waals surface area contributed by atoms with E-state index >= 15 is 0 Å². The SMILES string of the molecule is O=C(O)c1cccc(-n2cccc2C=Nc2ccccc2O)c1. The molecule has 0 atom stereocenters. The Kier molecular flexibility index (Phi) is 3.93. The summed E-state index contributed by atoms with van der Waals surface area (Å²) in [6.45, 7) is 0. The van der Waals surface area contributed by atoms with Gasteiger partial charge >= 0.3 is 5.97 Å². The van der Waals surface area contributed by atoms with Crippen molar-refractivity contribution in [2.45, 2.75) is 0 Å². The molecule has 0 saturated heterocycles. The second kappa shape index (κ2) is 6.19. The van der Waals surface area contributed by atoms with Gasteiger partial charge < -0.3 is 14.8 Å². The third-order valence-electron chi connectivity index (χ3n) is 3.37. The average molecular weight is 306 g/mol. The molecule has 5 nitrogen and oxygen atoms in total. The van der Waals surface area contributed by atoms with Crippen LogP contribution in [0.25, 0.3) is 5.69 Å². The van der Waals surface area contributed by atoms with Crippen LogP contribution >= 0.6 is 0 Å². The molecule has 0 amide bonds. The summed E-state index contributed by atoms with van der Waals surface area (Å²) in [7, 11) is 0. The molecule has 0 spiro atoms. The van der Waals surface area contributed by atoms with Crippen molar-refractivity contribution in [3.63, 3.8) is 0 Å². The van der Waals surface area contributed by atoms with E-state index in [0.29, 0.717) is 5.69 Å². The number of para-hydroxylation sites is 2. The van der Waals surface area contributed by atoms with Gasteiger partial charge in [-0.05, 0) is 42.5 Å². The molecule has 0 aliphatic heterocycles. The third kappa shape index (κ3) is 3.13. The van der Waals surface area contributed by atoms with Gasteiger partial charge in [0.05, 0.1) is 17.5 Å². The zero-order valence-electron chi connectivity index (χ0n) is 12.1. The van der Waals surface area contributed by atoms with Crippen molar-refractivity contribution in [3.05, 3.63) is 78.1 Å². The number of hydrogen-bond acceptors (Lipinski definition) is 3.